The van der Waals surface area contributed by atoms with E-state index in [2.05, 4.69) is 10.3 Å². The van der Waals surface area contributed by atoms with Crippen molar-refractivity contribution in [3.63, 3.8) is 0 Å². The van der Waals surface area contributed by atoms with Crippen molar-refractivity contribution < 1.29 is 36.7 Å². The van der Waals surface area contributed by atoms with Crippen molar-refractivity contribution in [2.45, 2.75) is 68.0 Å². The number of aromatic nitrogens is 1. The molecule has 2 aliphatic carbocycles. The van der Waals surface area contributed by atoms with E-state index in [0.29, 0.717) is 6.07 Å². The molecule has 2 fully saturated rings. The van der Waals surface area contributed by atoms with Crippen molar-refractivity contribution in [2.24, 2.45) is 5.92 Å². The van der Waals surface area contributed by atoms with Gasteiger partial charge in [-0.2, -0.15) is 5.26 Å². The van der Waals surface area contributed by atoms with Gasteiger partial charge in [-0.15, -0.1) is 11.6 Å². The highest BCUT2D eigenvalue weighted by Gasteiger charge is 2.49. The summed E-state index contributed by atoms with van der Waals surface area (Å²) in [4.78, 5) is 46.8. The Morgan fingerprint density at radius 2 is 1.85 bits per heavy atom. The second kappa shape index (κ2) is 13.1. The number of amides is 3. The monoisotopic (exact) mass is 659 g/mol. The predicted octanol–water partition coefficient (Wildman–Crippen LogP) is 5.78. The van der Waals surface area contributed by atoms with Gasteiger partial charge in [0.15, 0.2) is 0 Å². The fourth-order valence-corrected chi connectivity index (χ4v) is 6.27. The fraction of sp³-hybridized carbons (Fsp3) is 0.406. The molecule has 1 aromatic heterocycles. The van der Waals surface area contributed by atoms with E-state index in [9.17, 15) is 37.2 Å². The van der Waals surface area contributed by atoms with Crippen molar-refractivity contribution in [1.29, 1.82) is 5.26 Å². The molecule has 2 unspecified atom stereocenters. The van der Waals surface area contributed by atoms with Gasteiger partial charge < -0.3 is 10.1 Å². The van der Waals surface area contributed by atoms with Crippen LogP contribution in [0.2, 0.25) is 0 Å². The Labute approximate surface area is 267 Å². The number of carbonyl (C=O) groups excluding carboxylic acids is 3. The van der Waals surface area contributed by atoms with E-state index >= 15 is 0 Å². The molecule has 0 bridgehead atoms. The topological polar surface area (TPSA) is 116 Å². The number of pyridine rings is 1. The molecule has 1 saturated carbocycles. The predicted molar refractivity (Wildman–Crippen MR) is 160 cm³/mol. The molecular weight excluding hydrogens is 630 g/mol. The van der Waals surface area contributed by atoms with Crippen LogP contribution < -0.4 is 15.1 Å². The number of hydrogen-bond donors (Lipinski definition) is 1. The van der Waals surface area contributed by atoms with Crippen LogP contribution in [0.4, 0.5) is 33.9 Å². The molecule has 9 nitrogen and oxygen atoms in total. The number of nitrogens with one attached hydrogen (secondary N) is 1. The van der Waals surface area contributed by atoms with Gasteiger partial charge in [0.1, 0.15) is 29.5 Å². The van der Waals surface area contributed by atoms with Crippen LogP contribution in [0.25, 0.3) is 0 Å². The zero-order chi connectivity index (χ0) is 33.2. The van der Waals surface area contributed by atoms with Gasteiger partial charge in [0, 0.05) is 43.5 Å². The van der Waals surface area contributed by atoms with Crippen molar-refractivity contribution in [1.82, 2.24) is 10.3 Å². The lowest BCUT2D eigenvalue weighted by Crippen LogP contribution is -2.63. The summed E-state index contributed by atoms with van der Waals surface area (Å²) < 4.78 is 62.6. The summed E-state index contributed by atoms with van der Waals surface area (Å²) in [5.74, 6) is -7.77. The number of alkyl halides is 3. The van der Waals surface area contributed by atoms with Gasteiger partial charge in [-0.3, -0.25) is 14.5 Å². The van der Waals surface area contributed by atoms with Crippen LogP contribution in [-0.2, 0) is 14.3 Å². The van der Waals surface area contributed by atoms with E-state index in [1.165, 1.54) is 18.3 Å². The van der Waals surface area contributed by atoms with Crippen LogP contribution in [0.1, 0.15) is 44.6 Å². The molecule has 2 heterocycles. The van der Waals surface area contributed by atoms with Crippen molar-refractivity contribution >= 4 is 41.0 Å². The van der Waals surface area contributed by atoms with E-state index in [0.717, 1.165) is 21.9 Å². The number of rotatable bonds is 7. The Bertz CT molecular complexity index is 1600. The second-order valence-corrected chi connectivity index (χ2v) is 12.5. The summed E-state index contributed by atoms with van der Waals surface area (Å²) in [5, 5.41) is 12.2. The standard InChI is InChI=1S/C32H30ClF4N5O4/c1-31(33)9-3-2-4-24(31)27(28(43)40-22-5-10-32(36,37)11-6-22)41(23-16-20(34)15-21(35)17-23)29(44)25-8-13-46-30(45)42(25)26-14-19(18-38)7-12-39-26/h2-4,7,9,12,14-17,22,24-25,27H,5-6,8,10-11,13H2,1H3,(H,40,43)/t24?,25-,27-,31?/m0/s1. The average Bonchev–Trinajstić information content (AvgIpc) is 3.00. The fourth-order valence-electron chi connectivity index (χ4n) is 6.01. The lowest BCUT2D eigenvalue weighted by Gasteiger charge is -2.44. The Kier molecular flexibility index (Phi) is 9.39. The quantitative estimate of drug-likeness (QED) is 0.298. The molecule has 3 aliphatic rings. The maximum atomic E-state index is 14.8. The van der Waals surface area contributed by atoms with Crippen LogP contribution in [0.5, 0.6) is 0 Å². The van der Waals surface area contributed by atoms with E-state index in [1.54, 1.807) is 31.2 Å². The third kappa shape index (κ3) is 7.02. The molecule has 46 heavy (non-hydrogen) atoms. The third-order valence-electron chi connectivity index (χ3n) is 8.35. The molecule has 5 rings (SSSR count). The molecule has 3 amide bonds. The van der Waals surface area contributed by atoms with Crippen LogP contribution in [0.3, 0.4) is 0 Å². The highest BCUT2D eigenvalue weighted by Crippen LogP contribution is 2.39. The summed E-state index contributed by atoms with van der Waals surface area (Å²) in [6.07, 6.45) is 5.64. The molecule has 242 valence electrons. The molecule has 1 aromatic carbocycles. The van der Waals surface area contributed by atoms with Gasteiger partial charge in [0.05, 0.1) is 28.8 Å². The average molecular weight is 660 g/mol. The normalized spacial score (nSPS) is 24.9. The van der Waals surface area contributed by atoms with Crippen LogP contribution in [-0.4, -0.2) is 58.4 Å². The largest absolute Gasteiger partial charge is 0.449 e. The molecule has 0 spiro atoms. The minimum atomic E-state index is -2.87. The number of halogens is 5. The first-order valence-electron chi connectivity index (χ1n) is 14.6. The van der Waals surface area contributed by atoms with E-state index in [-0.39, 0.29) is 42.9 Å². The molecule has 2 aromatic rings. The number of cyclic esters (lactones) is 1. The van der Waals surface area contributed by atoms with E-state index in [1.807, 2.05) is 6.07 Å². The zero-order valence-corrected chi connectivity index (χ0v) is 25.4. The van der Waals surface area contributed by atoms with Crippen LogP contribution >= 0.6 is 11.6 Å². The van der Waals surface area contributed by atoms with Gasteiger partial charge in [0.25, 0.3) is 5.91 Å². The number of allylic oxidation sites excluding steroid dienone is 3. The van der Waals surface area contributed by atoms with Crippen molar-refractivity contribution in [2.75, 3.05) is 16.4 Å². The molecule has 4 atom stereocenters. The van der Waals surface area contributed by atoms with E-state index in [4.69, 9.17) is 16.3 Å². The first-order chi connectivity index (χ1) is 21.8. The number of carbonyl (C=O) groups is 3. The lowest BCUT2D eigenvalue weighted by molar-refractivity contribution is -0.129. The number of ether oxygens (including phenoxy) is 1. The van der Waals surface area contributed by atoms with E-state index < -0.39 is 77.2 Å². The Balaban J connectivity index is 1.63. The zero-order valence-electron chi connectivity index (χ0n) is 24.6. The second-order valence-electron chi connectivity index (χ2n) is 11.6. The highest BCUT2D eigenvalue weighted by molar-refractivity contribution is 6.26. The molecule has 1 N–H and O–H groups in total. The molecule has 14 heteroatoms. The number of nitrogens with zero attached hydrogens (tertiary/aromatic N) is 4. The van der Waals surface area contributed by atoms with Gasteiger partial charge in [-0.1, -0.05) is 24.3 Å². The van der Waals surface area contributed by atoms with Gasteiger partial charge >= 0.3 is 6.09 Å². The van der Waals surface area contributed by atoms with Gasteiger partial charge in [0.2, 0.25) is 11.8 Å². The van der Waals surface area contributed by atoms with Crippen LogP contribution in [0.15, 0.2) is 60.8 Å². The summed E-state index contributed by atoms with van der Waals surface area (Å²) >= 11 is 6.89. The minimum absolute atomic E-state index is 0.0320. The highest BCUT2D eigenvalue weighted by atomic mass is 35.5. The van der Waals surface area contributed by atoms with Gasteiger partial charge in [-0.25, -0.2) is 32.2 Å². The molecule has 1 saturated heterocycles. The maximum absolute atomic E-state index is 14.8. The molecule has 1 aliphatic heterocycles. The summed E-state index contributed by atoms with van der Waals surface area (Å²) in [5.41, 5.74) is -0.211. The van der Waals surface area contributed by atoms with Crippen molar-refractivity contribution in [3.05, 3.63) is 78.0 Å². The summed E-state index contributed by atoms with van der Waals surface area (Å²) in [6.45, 7) is 1.39. The molecule has 0 radical (unpaired) electrons. The van der Waals surface area contributed by atoms with Crippen LogP contribution in [0, 0.1) is 28.9 Å². The first-order valence-corrected chi connectivity index (χ1v) is 15.0. The molecular formula is C32H30ClF4N5O4. The number of benzene rings is 1. The number of nitriles is 1. The first kappa shape index (κ1) is 32.9. The van der Waals surface area contributed by atoms with Gasteiger partial charge in [-0.05, 0) is 44.0 Å². The number of anilines is 2. The Morgan fingerprint density at radius 3 is 2.50 bits per heavy atom. The summed E-state index contributed by atoms with van der Waals surface area (Å²) in [6, 6.07) is 3.29. The minimum Gasteiger partial charge on any atom is -0.449 e. The number of hydrogen-bond acceptors (Lipinski definition) is 6. The Morgan fingerprint density at radius 1 is 1.15 bits per heavy atom. The third-order valence-corrected chi connectivity index (χ3v) is 8.73. The Hall–Kier alpha value is -4.44. The SMILES string of the molecule is CC1(Cl)C=CC=CC1[C@@H](C(=O)NC1CCC(F)(F)CC1)N(C(=O)[C@@H]1CCOC(=O)N1c1cc(C#N)ccn1)c1cc(F)cc(F)c1. The van der Waals surface area contributed by atoms with Crippen molar-refractivity contribution in [3.8, 4) is 6.07 Å². The maximum Gasteiger partial charge on any atom is 0.416 e. The lowest BCUT2D eigenvalue weighted by atomic mass is 9.81. The summed E-state index contributed by atoms with van der Waals surface area (Å²) in [7, 11) is 0. The smallest absolute Gasteiger partial charge is 0.416 e.